The first-order valence-electron chi connectivity index (χ1n) is 9.08. The molecule has 5 nitrogen and oxygen atoms in total. The fourth-order valence-electron chi connectivity index (χ4n) is 3.13. The van der Waals surface area contributed by atoms with Crippen molar-refractivity contribution in [3.8, 4) is 0 Å². The molecule has 0 spiro atoms. The average Bonchev–Trinajstić information content (AvgIpc) is 2.56. The molecule has 0 radical (unpaired) electrons. The Hall–Kier alpha value is -1.88. The van der Waals surface area contributed by atoms with Gasteiger partial charge < -0.3 is 15.7 Å². The molecule has 1 aromatic rings. The Kier molecular flexibility index (Phi) is 6.22. The summed E-state index contributed by atoms with van der Waals surface area (Å²) >= 11 is 0. The van der Waals surface area contributed by atoms with Crippen LogP contribution in [0.25, 0.3) is 0 Å². The van der Waals surface area contributed by atoms with Crippen molar-refractivity contribution in [2.75, 3.05) is 13.1 Å². The van der Waals surface area contributed by atoms with E-state index in [0.29, 0.717) is 25.8 Å². The predicted molar refractivity (Wildman–Crippen MR) is 98.0 cm³/mol. The molecule has 0 aliphatic heterocycles. The van der Waals surface area contributed by atoms with Gasteiger partial charge in [-0.3, -0.25) is 9.59 Å². The SMILES string of the molecule is CC(C)(C)C(=O)NCCCC(=O)NCC1(O)CCCc2ccccc21. The quantitative estimate of drug-likeness (QED) is 0.692. The maximum Gasteiger partial charge on any atom is 0.225 e. The molecule has 0 saturated heterocycles. The van der Waals surface area contributed by atoms with Crippen LogP contribution in [0.4, 0.5) is 0 Å². The smallest absolute Gasteiger partial charge is 0.225 e. The summed E-state index contributed by atoms with van der Waals surface area (Å²) < 4.78 is 0. The first-order chi connectivity index (χ1) is 11.7. The summed E-state index contributed by atoms with van der Waals surface area (Å²) in [5.41, 5.74) is 0.694. The van der Waals surface area contributed by atoms with Gasteiger partial charge in [0.25, 0.3) is 0 Å². The number of aryl methyl sites for hydroxylation is 1. The van der Waals surface area contributed by atoms with Crippen LogP contribution in [0.3, 0.4) is 0 Å². The van der Waals surface area contributed by atoms with Crippen LogP contribution in [0.15, 0.2) is 24.3 Å². The topological polar surface area (TPSA) is 78.4 Å². The predicted octanol–water partition coefficient (Wildman–Crippen LogP) is 2.27. The average molecular weight is 346 g/mol. The Morgan fingerprint density at radius 1 is 1.20 bits per heavy atom. The highest BCUT2D eigenvalue weighted by Gasteiger charge is 2.34. The second-order valence-corrected chi connectivity index (χ2v) is 7.93. The van der Waals surface area contributed by atoms with Crippen LogP contribution in [0.5, 0.6) is 0 Å². The van der Waals surface area contributed by atoms with Gasteiger partial charge in [-0.25, -0.2) is 0 Å². The first kappa shape index (κ1) is 19.4. The van der Waals surface area contributed by atoms with Crippen molar-refractivity contribution >= 4 is 11.8 Å². The Morgan fingerprint density at radius 3 is 2.64 bits per heavy atom. The summed E-state index contributed by atoms with van der Waals surface area (Å²) in [6.45, 7) is 6.29. The van der Waals surface area contributed by atoms with Gasteiger partial charge in [0, 0.05) is 18.4 Å². The van der Waals surface area contributed by atoms with Crippen molar-refractivity contribution in [1.29, 1.82) is 0 Å². The lowest BCUT2D eigenvalue weighted by Gasteiger charge is -2.34. The van der Waals surface area contributed by atoms with E-state index in [9.17, 15) is 14.7 Å². The normalized spacial score (nSPS) is 19.8. The lowest BCUT2D eigenvalue weighted by molar-refractivity contribution is -0.128. The number of nitrogens with one attached hydrogen (secondary N) is 2. The summed E-state index contributed by atoms with van der Waals surface area (Å²) in [6.07, 6.45) is 3.47. The molecule has 3 N–H and O–H groups in total. The third-order valence-corrected chi connectivity index (χ3v) is 4.68. The van der Waals surface area contributed by atoms with Crippen molar-refractivity contribution in [3.05, 3.63) is 35.4 Å². The van der Waals surface area contributed by atoms with E-state index in [4.69, 9.17) is 0 Å². The molecule has 5 heteroatoms. The maximum absolute atomic E-state index is 12.0. The third kappa shape index (κ3) is 5.30. The molecule has 0 saturated carbocycles. The minimum Gasteiger partial charge on any atom is -0.383 e. The number of amides is 2. The number of benzene rings is 1. The van der Waals surface area contributed by atoms with Gasteiger partial charge in [-0.05, 0) is 36.8 Å². The van der Waals surface area contributed by atoms with E-state index in [1.165, 1.54) is 0 Å². The highest BCUT2D eigenvalue weighted by atomic mass is 16.3. The van der Waals surface area contributed by atoms with Crippen molar-refractivity contribution in [2.45, 2.75) is 58.5 Å². The molecular weight excluding hydrogens is 316 g/mol. The van der Waals surface area contributed by atoms with Crippen LogP contribution >= 0.6 is 0 Å². The standard InChI is InChI=1S/C20H30N2O3/c1-19(2,3)18(24)21-13-7-11-17(23)22-14-20(25)12-6-9-15-8-4-5-10-16(15)20/h4-5,8,10,25H,6-7,9,11-14H2,1-3H3,(H,21,24)(H,22,23). The third-order valence-electron chi connectivity index (χ3n) is 4.68. The van der Waals surface area contributed by atoms with E-state index in [1.807, 2.05) is 45.0 Å². The van der Waals surface area contributed by atoms with Gasteiger partial charge in [0.1, 0.15) is 5.60 Å². The molecule has 25 heavy (non-hydrogen) atoms. The second-order valence-electron chi connectivity index (χ2n) is 7.93. The number of fused-ring (bicyclic) bond motifs is 1. The maximum atomic E-state index is 12.0. The number of hydrogen-bond donors (Lipinski definition) is 3. The highest BCUT2D eigenvalue weighted by Crippen LogP contribution is 2.34. The van der Waals surface area contributed by atoms with Gasteiger partial charge in [-0.2, -0.15) is 0 Å². The lowest BCUT2D eigenvalue weighted by atomic mass is 9.79. The summed E-state index contributed by atoms with van der Waals surface area (Å²) in [7, 11) is 0. The van der Waals surface area contributed by atoms with Crippen molar-refractivity contribution in [2.24, 2.45) is 5.41 Å². The summed E-state index contributed by atoms with van der Waals surface area (Å²) in [6, 6.07) is 7.89. The zero-order chi connectivity index (χ0) is 18.5. The zero-order valence-corrected chi connectivity index (χ0v) is 15.5. The van der Waals surface area contributed by atoms with E-state index in [0.717, 1.165) is 24.0 Å². The first-order valence-corrected chi connectivity index (χ1v) is 9.08. The van der Waals surface area contributed by atoms with Gasteiger partial charge in [0.15, 0.2) is 0 Å². The van der Waals surface area contributed by atoms with E-state index < -0.39 is 11.0 Å². The monoisotopic (exact) mass is 346 g/mol. The molecule has 1 atom stereocenters. The molecule has 1 unspecified atom stereocenters. The van der Waals surface area contributed by atoms with Gasteiger partial charge in [-0.15, -0.1) is 0 Å². The van der Waals surface area contributed by atoms with Crippen LogP contribution in [0.1, 0.15) is 57.6 Å². The van der Waals surface area contributed by atoms with Crippen LogP contribution in [0.2, 0.25) is 0 Å². The van der Waals surface area contributed by atoms with Gasteiger partial charge >= 0.3 is 0 Å². The Labute approximate surface area is 150 Å². The lowest BCUT2D eigenvalue weighted by Crippen LogP contribution is -2.43. The van der Waals surface area contributed by atoms with E-state index >= 15 is 0 Å². The van der Waals surface area contributed by atoms with Crippen LogP contribution < -0.4 is 10.6 Å². The molecule has 0 fully saturated rings. The molecule has 0 bridgehead atoms. The van der Waals surface area contributed by atoms with Gasteiger partial charge in [0.05, 0.1) is 6.54 Å². The van der Waals surface area contributed by atoms with E-state index in [-0.39, 0.29) is 18.4 Å². The van der Waals surface area contributed by atoms with Crippen LogP contribution in [0, 0.1) is 5.41 Å². The van der Waals surface area contributed by atoms with Gasteiger partial charge in [-0.1, -0.05) is 45.0 Å². The molecule has 1 aliphatic rings. The van der Waals surface area contributed by atoms with E-state index in [1.54, 1.807) is 0 Å². The number of carbonyl (C=O) groups excluding carboxylic acids is 2. The summed E-state index contributed by atoms with van der Waals surface area (Å²) in [5, 5.41) is 16.6. The molecule has 0 heterocycles. The second kappa shape index (κ2) is 8.00. The van der Waals surface area contributed by atoms with Crippen LogP contribution in [-0.2, 0) is 21.6 Å². The minimum atomic E-state index is -0.981. The number of hydrogen-bond acceptors (Lipinski definition) is 3. The fraction of sp³-hybridized carbons (Fsp3) is 0.600. The number of carbonyl (C=O) groups is 2. The molecule has 1 aliphatic carbocycles. The zero-order valence-electron chi connectivity index (χ0n) is 15.5. The Bertz CT molecular complexity index is 622. The molecule has 0 aromatic heterocycles. The van der Waals surface area contributed by atoms with Crippen molar-refractivity contribution in [3.63, 3.8) is 0 Å². The van der Waals surface area contributed by atoms with Gasteiger partial charge in [0.2, 0.25) is 11.8 Å². The Balaban J connectivity index is 1.76. The molecule has 138 valence electrons. The molecular formula is C20H30N2O3. The summed E-state index contributed by atoms with van der Waals surface area (Å²) in [4.78, 5) is 23.8. The van der Waals surface area contributed by atoms with Crippen LogP contribution in [-0.4, -0.2) is 30.0 Å². The molecule has 1 aromatic carbocycles. The highest BCUT2D eigenvalue weighted by molar-refractivity contribution is 5.81. The largest absolute Gasteiger partial charge is 0.383 e. The number of aliphatic hydroxyl groups is 1. The van der Waals surface area contributed by atoms with E-state index in [2.05, 4.69) is 10.6 Å². The number of rotatable bonds is 6. The fourth-order valence-corrected chi connectivity index (χ4v) is 3.13. The Morgan fingerprint density at radius 2 is 1.92 bits per heavy atom. The molecule has 2 amide bonds. The van der Waals surface area contributed by atoms with Crippen molar-refractivity contribution in [1.82, 2.24) is 10.6 Å². The molecule has 2 rings (SSSR count). The van der Waals surface area contributed by atoms with Crippen molar-refractivity contribution < 1.29 is 14.7 Å². The summed E-state index contributed by atoms with van der Waals surface area (Å²) in [5.74, 6) is -0.109. The minimum absolute atomic E-state index is 0.0129.